The number of alkyl halides is 9. The lowest BCUT2D eigenvalue weighted by Crippen LogP contribution is -2.32. The van der Waals surface area contributed by atoms with Crippen molar-refractivity contribution in [3.63, 3.8) is 0 Å². The Bertz CT molecular complexity index is 968. The maximum absolute atomic E-state index is 14.2. The molecule has 7 nitrogen and oxygen atoms in total. The van der Waals surface area contributed by atoms with Gasteiger partial charge in [0.05, 0.1) is 5.56 Å². The van der Waals surface area contributed by atoms with Crippen molar-refractivity contribution < 1.29 is 58.2 Å². The van der Waals surface area contributed by atoms with E-state index in [0.29, 0.717) is 17.0 Å². The molecular formula is C17H12F10N4O3. The van der Waals surface area contributed by atoms with Gasteiger partial charge in [-0.3, -0.25) is 10.2 Å². The van der Waals surface area contributed by atoms with E-state index in [9.17, 15) is 48.7 Å². The van der Waals surface area contributed by atoms with Gasteiger partial charge in [0.2, 0.25) is 11.8 Å². The van der Waals surface area contributed by atoms with Crippen LogP contribution in [0.3, 0.4) is 0 Å². The summed E-state index contributed by atoms with van der Waals surface area (Å²) in [5, 5.41) is 1.84. The fourth-order valence-corrected chi connectivity index (χ4v) is 2.13. The third-order valence-corrected chi connectivity index (χ3v) is 3.64. The second kappa shape index (κ2) is 9.76. The van der Waals surface area contributed by atoms with Gasteiger partial charge in [-0.15, -0.1) is 0 Å². The SMILES string of the molecule is CN(C(=O)Nc1nc(OCC(F)(F)F)c(F)c(OCC(F)(F)F)n1)c1ccc(C(F)(F)F)cc1. The molecule has 17 heteroatoms. The minimum Gasteiger partial charge on any atom is -0.466 e. The standard InChI is InChI=1S/C17H12F10N4O3/c1-31(9-4-2-8(3-5-9)17(25,26)27)14(32)30-13-28-11(33-6-15(19,20)21)10(18)12(29-13)34-7-16(22,23)24/h2-5H,6-7H2,1H3,(H,28,29,30,32). The number of halogens is 10. The molecule has 1 aromatic carbocycles. The Hall–Kier alpha value is -3.53. The maximum Gasteiger partial charge on any atom is 0.422 e. The first kappa shape index (κ1) is 26.7. The summed E-state index contributed by atoms with van der Waals surface area (Å²) in [5.41, 5.74) is -1.13. The van der Waals surface area contributed by atoms with Crippen molar-refractivity contribution in [2.45, 2.75) is 18.5 Å². The number of rotatable bonds is 6. The monoisotopic (exact) mass is 510 g/mol. The van der Waals surface area contributed by atoms with Gasteiger partial charge in [-0.2, -0.15) is 53.9 Å². The molecule has 0 bridgehead atoms. The predicted molar refractivity (Wildman–Crippen MR) is 94.0 cm³/mol. The zero-order valence-corrected chi connectivity index (χ0v) is 16.6. The molecule has 0 saturated carbocycles. The lowest BCUT2D eigenvalue weighted by Gasteiger charge is -2.19. The summed E-state index contributed by atoms with van der Waals surface area (Å²) < 4.78 is 135. The molecule has 0 spiro atoms. The molecule has 2 aromatic rings. The summed E-state index contributed by atoms with van der Waals surface area (Å²) in [6.07, 6.45) is -14.6. The average Bonchev–Trinajstić information content (AvgIpc) is 2.70. The van der Waals surface area contributed by atoms with Gasteiger partial charge < -0.3 is 9.47 Å². The van der Waals surface area contributed by atoms with E-state index < -0.39 is 66.9 Å². The van der Waals surface area contributed by atoms with E-state index in [1.807, 2.05) is 5.32 Å². The first-order valence-electron chi connectivity index (χ1n) is 8.65. The van der Waals surface area contributed by atoms with Crippen LogP contribution in [0.5, 0.6) is 11.8 Å². The first-order valence-corrected chi connectivity index (χ1v) is 8.65. The number of amides is 2. The lowest BCUT2D eigenvalue weighted by atomic mass is 10.2. The predicted octanol–water partition coefficient (Wildman–Crippen LogP) is 5.19. The highest BCUT2D eigenvalue weighted by Crippen LogP contribution is 2.31. The van der Waals surface area contributed by atoms with Crippen LogP contribution in [0.25, 0.3) is 0 Å². The molecule has 0 aliphatic rings. The molecular weight excluding hydrogens is 498 g/mol. The fourth-order valence-electron chi connectivity index (χ4n) is 2.13. The molecule has 1 heterocycles. The Labute approximate surface area is 183 Å². The molecule has 1 aromatic heterocycles. The van der Waals surface area contributed by atoms with Crippen molar-refractivity contribution in [2.75, 3.05) is 30.5 Å². The zero-order valence-electron chi connectivity index (χ0n) is 16.6. The van der Waals surface area contributed by atoms with Gasteiger partial charge in [-0.05, 0) is 24.3 Å². The molecule has 0 fully saturated rings. The summed E-state index contributed by atoms with van der Waals surface area (Å²) in [6.45, 7) is -4.17. The molecule has 0 aliphatic heterocycles. The number of benzene rings is 1. The number of aromatic nitrogens is 2. The van der Waals surface area contributed by atoms with Crippen LogP contribution in [-0.2, 0) is 6.18 Å². The van der Waals surface area contributed by atoms with Gasteiger partial charge in [0.1, 0.15) is 0 Å². The number of nitrogens with one attached hydrogen (secondary N) is 1. The Morgan fingerprint density at radius 2 is 1.32 bits per heavy atom. The molecule has 34 heavy (non-hydrogen) atoms. The normalized spacial score (nSPS) is 12.3. The second-order valence-corrected chi connectivity index (χ2v) is 6.31. The van der Waals surface area contributed by atoms with Crippen LogP contribution in [-0.4, -0.2) is 48.6 Å². The number of hydrogen-bond donors (Lipinski definition) is 1. The van der Waals surface area contributed by atoms with Crippen LogP contribution in [0.2, 0.25) is 0 Å². The highest BCUT2D eigenvalue weighted by atomic mass is 19.4. The fraction of sp³-hybridized carbons (Fsp3) is 0.353. The Balaban J connectivity index is 2.28. The van der Waals surface area contributed by atoms with E-state index in [-0.39, 0.29) is 5.69 Å². The molecule has 0 aliphatic carbocycles. The quantitative estimate of drug-likeness (QED) is 0.542. The van der Waals surface area contributed by atoms with E-state index in [4.69, 9.17) is 0 Å². The van der Waals surface area contributed by atoms with Gasteiger partial charge in [0, 0.05) is 12.7 Å². The zero-order chi connectivity index (χ0) is 25.9. The largest absolute Gasteiger partial charge is 0.466 e. The topological polar surface area (TPSA) is 76.6 Å². The highest BCUT2D eigenvalue weighted by Gasteiger charge is 2.33. The van der Waals surface area contributed by atoms with Crippen LogP contribution >= 0.6 is 0 Å². The summed E-state index contributed by atoms with van der Waals surface area (Å²) in [7, 11) is 1.06. The molecule has 0 atom stereocenters. The number of ether oxygens (including phenoxy) is 2. The van der Waals surface area contributed by atoms with E-state index >= 15 is 0 Å². The molecule has 0 saturated heterocycles. The van der Waals surface area contributed by atoms with Crippen LogP contribution in [0.15, 0.2) is 24.3 Å². The lowest BCUT2D eigenvalue weighted by molar-refractivity contribution is -0.155. The first-order chi connectivity index (χ1) is 15.5. The van der Waals surface area contributed by atoms with Gasteiger partial charge in [-0.25, -0.2) is 4.79 Å². The summed E-state index contributed by atoms with van der Waals surface area (Å²) in [6, 6.07) is 1.92. The van der Waals surface area contributed by atoms with Crippen molar-refractivity contribution in [2.24, 2.45) is 0 Å². The molecule has 0 radical (unpaired) electrons. The number of carbonyl (C=O) groups excluding carboxylic acids is 1. The van der Waals surface area contributed by atoms with Crippen LogP contribution in [0.1, 0.15) is 5.56 Å². The Morgan fingerprint density at radius 1 is 0.882 bits per heavy atom. The second-order valence-electron chi connectivity index (χ2n) is 6.31. The van der Waals surface area contributed by atoms with Crippen molar-refractivity contribution in [3.05, 3.63) is 35.6 Å². The minimum absolute atomic E-state index is 0.102. The van der Waals surface area contributed by atoms with E-state index in [1.54, 1.807) is 0 Å². The van der Waals surface area contributed by atoms with Gasteiger partial charge in [-0.1, -0.05) is 0 Å². The molecule has 2 amide bonds. The van der Waals surface area contributed by atoms with Crippen molar-refractivity contribution in [1.29, 1.82) is 0 Å². The van der Waals surface area contributed by atoms with Crippen molar-refractivity contribution in [1.82, 2.24) is 9.97 Å². The van der Waals surface area contributed by atoms with Crippen molar-refractivity contribution in [3.8, 4) is 11.8 Å². The number of carbonyl (C=O) groups is 1. The number of hydrogen-bond acceptors (Lipinski definition) is 5. The highest BCUT2D eigenvalue weighted by molar-refractivity contribution is 6.00. The van der Waals surface area contributed by atoms with E-state index in [2.05, 4.69) is 19.4 Å². The summed E-state index contributed by atoms with van der Waals surface area (Å²) in [5.74, 6) is -5.86. The molecule has 0 unspecified atom stereocenters. The van der Waals surface area contributed by atoms with Gasteiger partial charge in [0.15, 0.2) is 13.2 Å². The van der Waals surface area contributed by atoms with Crippen LogP contribution < -0.4 is 19.7 Å². The molecule has 188 valence electrons. The number of anilines is 2. The van der Waals surface area contributed by atoms with E-state index in [1.165, 1.54) is 0 Å². The molecule has 2 rings (SSSR count). The molecule has 1 N–H and O–H groups in total. The summed E-state index contributed by atoms with van der Waals surface area (Å²) >= 11 is 0. The Morgan fingerprint density at radius 3 is 1.71 bits per heavy atom. The van der Waals surface area contributed by atoms with E-state index in [0.717, 1.165) is 19.2 Å². The average molecular weight is 510 g/mol. The minimum atomic E-state index is -4.98. The third kappa shape index (κ3) is 7.80. The smallest absolute Gasteiger partial charge is 0.422 e. The number of nitrogens with zero attached hydrogens (tertiary/aromatic N) is 3. The van der Waals surface area contributed by atoms with Gasteiger partial charge >= 0.3 is 24.6 Å². The number of urea groups is 1. The third-order valence-electron chi connectivity index (χ3n) is 3.64. The van der Waals surface area contributed by atoms with Crippen LogP contribution in [0.4, 0.5) is 60.3 Å². The van der Waals surface area contributed by atoms with Gasteiger partial charge in [0.25, 0.3) is 11.8 Å². The van der Waals surface area contributed by atoms with Crippen LogP contribution in [0, 0.1) is 5.82 Å². The Kier molecular flexibility index (Phi) is 7.67. The summed E-state index contributed by atoms with van der Waals surface area (Å²) in [4.78, 5) is 19.4. The van der Waals surface area contributed by atoms with Crippen molar-refractivity contribution >= 4 is 17.7 Å². The maximum atomic E-state index is 14.2.